The van der Waals surface area contributed by atoms with Crippen molar-refractivity contribution in [1.82, 2.24) is 14.8 Å². The summed E-state index contributed by atoms with van der Waals surface area (Å²) >= 11 is 0. The zero-order chi connectivity index (χ0) is 19.0. The lowest BCUT2D eigenvalue weighted by Crippen LogP contribution is -2.20. The number of fused-ring (bicyclic) bond motifs is 1. The Bertz CT molecular complexity index is 1020. The molecule has 1 N–H and O–H groups in total. The summed E-state index contributed by atoms with van der Waals surface area (Å²) in [5, 5.41) is 7.79. The van der Waals surface area contributed by atoms with Gasteiger partial charge in [-0.15, -0.1) is 0 Å². The van der Waals surface area contributed by atoms with E-state index in [2.05, 4.69) is 53.5 Å². The molecule has 2 aromatic carbocycles. The molecular formula is C21H22N4O2. The van der Waals surface area contributed by atoms with E-state index in [0.717, 1.165) is 28.3 Å². The van der Waals surface area contributed by atoms with E-state index in [1.54, 1.807) is 20.5 Å². The Morgan fingerprint density at radius 1 is 1.00 bits per heavy atom. The van der Waals surface area contributed by atoms with Gasteiger partial charge >= 0.3 is 0 Å². The summed E-state index contributed by atoms with van der Waals surface area (Å²) in [5.74, 6) is 2.20. The van der Waals surface area contributed by atoms with Crippen molar-refractivity contribution >= 4 is 11.6 Å². The van der Waals surface area contributed by atoms with Crippen molar-refractivity contribution < 1.29 is 9.47 Å². The number of nitrogens with one attached hydrogen (secondary N) is 1. The fraction of sp³-hybridized carbons (Fsp3) is 0.238. The Labute approximate surface area is 158 Å². The highest BCUT2D eigenvalue weighted by molar-refractivity contribution is 5.77. The number of aromatic nitrogens is 3. The smallest absolute Gasteiger partial charge is 0.226 e. The van der Waals surface area contributed by atoms with E-state index >= 15 is 0 Å². The van der Waals surface area contributed by atoms with Gasteiger partial charge in [-0.2, -0.15) is 10.1 Å². The Morgan fingerprint density at radius 2 is 1.85 bits per heavy atom. The molecule has 4 rings (SSSR count). The molecule has 0 bridgehead atoms. The van der Waals surface area contributed by atoms with Crippen molar-refractivity contribution in [2.75, 3.05) is 19.5 Å². The van der Waals surface area contributed by atoms with Crippen LogP contribution in [-0.2, 0) is 0 Å². The van der Waals surface area contributed by atoms with Crippen LogP contribution >= 0.6 is 0 Å². The van der Waals surface area contributed by atoms with Crippen LogP contribution in [0.2, 0.25) is 0 Å². The van der Waals surface area contributed by atoms with Gasteiger partial charge in [-0.3, -0.25) is 0 Å². The van der Waals surface area contributed by atoms with E-state index < -0.39 is 0 Å². The Balaban J connectivity index is 1.83. The summed E-state index contributed by atoms with van der Waals surface area (Å²) < 4.78 is 12.8. The SMILES string of the molecule is COc1ccc([C@@H]2C=C(c3ccc(C)c(C)c3)Nc3ncnn32)c(OC)c1. The van der Waals surface area contributed by atoms with Gasteiger partial charge in [-0.1, -0.05) is 12.1 Å². The number of rotatable bonds is 4. The van der Waals surface area contributed by atoms with Crippen LogP contribution in [-0.4, -0.2) is 29.0 Å². The molecule has 6 heteroatoms. The van der Waals surface area contributed by atoms with Crippen LogP contribution in [0.4, 0.5) is 5.95 Å². The summed E-state index contributed by atoms with van der Waals surface area (Å²) in [5.41, 5.74) is 5.63. The number of methoxy groups -OCH3 is 2. The van der Waals surface area contributed by atoms with Crippen molar-refractivity contribution in [2.24, 2.45) is 0 Å². The number of hydrogen-bond donors (Lipinski definition) is 1. The average molecular weight is 362 g/mol. The molecule has 1 aromatic heterocycles. The maximum absolute atomic E-state index is 5.62. The van der Waals surface area contributed by atoms with Gasteiger partial charge in [0.1, 0.15) is 23.9 Å². The van der Waals surface area contributed by atoms with Crippen LogP contribution in [0.25, 0.3) is 5.70 Å². The summed E-state index contributed by atoms with van der Waals surface area (Å²) in [6.07, 6.45) is 3.71. The molecule has 0 saturated heterocycles. The minimum absolute atomic E-state index is 0.138. The van der Waals surface area contributed by atoms with Gasteiger partial charge < -0.3 is 14.8 Å². The molecule has 0 spiro atoms. The Hall–Kier alpha value is -3.28. The lowest BCUT2D eigenvalue weighted by atomic mass is 9.99. The zero-order valence-corrected chi connectivity index (χ0v) is 15.9. The van der Waals surface area contributed by atoms with Gasteiger partial charge in [0.05, 0.1) is 14.2 Å². The fourth-order valence-electron chi connectivity index (χ4n) is 3.30. The first-order chi connectivity index (χ1) is 13.1. The van der Waals surface area contributed by atoms with Crippen molar-refractivity contribution in [3.05, 3.63) is 71.1 Å². The van der Waals surface area contributed by atoms with Gasteiger partial charge in [0.15, 0.2) is 0 Å². The van der Waals surface area contributed by atoms with E-state index in [-0.39, 0.29) is 6.04 Å². The third kappa shape index (κ3) is 3.03. The molecule has 3 aromatic rings. The first kappa shape index (κ1) is 17.1. The first-order valence-electron chi connectivity index (χ1n) is 8.78. The van der Waals surface area contributed by atoms with E-state index in [1.165, 1.54) is 11.1 Å². The number of allylic oxidation sites excluding steroid dienone is 1. The minimum Gasteiger partial charge on any atom is -0.497 e. The number of anilines is 1. The molecule has 0 aliphatic carbocycles. The highest BCUT2D eigenvalue weighted by atomic mass is 16.5. The third-order valence-corrected chi connectivity index (χ3v) is 4.98. The van der Waals surface area contributed by atoms with E-state index in [0.29, 0.717) is 5.95 Å². The molecule has 0 radical (unpaired) electrons. The molecule has 138 valence electrons. The molecule has 1 aliphatic heterocycles. The van der Waals surface area contributed by atoms with Crippen LogP contribution < -0.4 is 14.8 Å². The summed E-state index contributed by atoms with van der Waals surface area (Å²) in [4.78, 5) is 4.37. The van der Waals surface area contributed by atoms with Crippen molar-refractivity contribution in [3.8, 4) is 11.5 Å². The van der Waals surface area contributed by atoms with Crippen LogP contribution in [0.1, 0.15) is 28.3 Å². The predicted molar refractivity (Wildman–Crippen MR) is 105 cm³/mol. The van der Waals surface area contributed by atoms with Crippen LogP contribution in [0, 0.1) is 13.8 Å². The van der Waals surface area contributed by atoms with Gasteiger partial charge in [0.25, 0.3) is 0 Å². The lowest BCUT2D eigenvalue weighted by molar-refractivity contribution is 0.387. The summed E-state index contributed by atoms with van der Waals surface area (Å²) in [6.45, 7) is 4.23. The number of ether oxygens (including phenoxy) is 2. The predicted octanol–water partition coefficient (Wildman–Crippen LogP) is 3.97. The van der Waals surface area contributed by atoms with Crippen LogP contribution in [0.15, 0.2) is 48.8 Å². The monoisotopic (exact) mass is 362 g/mol. The molecule has 6 nitrogen and oxygen atoms in total. The Kier molecular flexibility index (Phi) is 4.32. The van der Waals surface area contributed by atoms with Gasteiger partial charge in [-0.25, -0.2) is 4.68 Å². The van der Waals surface area contributed by atoms with Gasteiger partial charge in [0, 0.05) is 17.3 Å². The minimum atomic E-state index is -0.138. The molecular weight excluding hydrogens is 340 g/mol. The molecule has 0 amide bonds. The summed E-state index contributed by atoms with van der Waals surface area (Å²) in [6, 6.07) is 12.1. The topological polar surface area (TPSA) is 61.2 Å². The molecule has 0 unspecified atom stereocenters. The Morgan fingerprint density at radius 3 is 2.59 bits per heavy atom. The highest BCUT2D eigenvalue weighted by Gasteiger charge is 2.26. The van der Waals surface area contributed by atoms with Crippen molar-refractivity contribution in [2.45, 2.75) is 19.9 Å². The zero-order valence-electron chi connectivity index (χ0n) is 15.9. The van der Waals surface area contributed by atoms with Crippen molar-refractivity contribution in [3.63, 3.8) is 0 Å². The number of hydrogen-bond acceptors (Lipinski definition) is 5. The second-order valence-corrected chi connectivity index (χ2v) is 6.59. The lowest BCUT2D eigenvalue weighted by Gasteiger charge is -2.26. The average Bonchev–Trinajstić information content (AvgIpc) is 3.17. The van der Waals surface area contributed by atoms with E-state index in [1.807, 2.05) is 22.9 Å². The second-order valence-electron chi connectivity index (χ2n) is 6.59. The number of aryl methyl sites for hydroxylation is 2. The van der Waals surface area contributed by atoms with Gasteiger partial charge in [0.2, 0.25) is 5.95 Å². The van der Waals surface area contributed by atoms with E-state index in [4.69, 9.17) is 9.47 Å². The van der Waals surface area contributed by atoms with Crippen molar-refractivity contribution in [1.29, 1.82) is 0 Å². The standard InChI is InChI=1S/C21H22N4O2/c1-13-5-6-15(9-14(13)2)18-11-19(25-21(24-18)22-12-23-25)17-8-7-16(26-3)10-20(17)27-4/h5-12,19H,1-4H3,(H,22,23,24)/t19-/m0/s1. The molecule has 2 heterocycles. The second kappa shape index (κ2) is 6.79. The number of nitrogens with zero attached hydrogens (tertiary/aromatic N) is 3. The first-order valence-corrected chi connectivity index (χ1v) is 8.78. The van der Waals surface area contributed by atoms with Gasteiger partial charge in [-0.05, 0) is 54.8 Å². The maximum Gasteiger partial charge on any atom is 0.226 e. The third-order valence-electron chi connectivity index (χ3n) is 4.98. The molecule has 1 aliphatic rings. The highest BCUT2D eigenvalue weighted by Crippen LogP contribution is 2.37. The quantitative estimate of drug-likeness (QED) is 0.761. The number of benzene rings is 2. The molecule has 27 heavy (non-hydrogen) atoms. The normalized spacial score (nSPS) is 15.6. The fourth-order valence-corrected chi connectivity index (χ4v) is 3.30. The molecule has 0 fully saturated rings. The summed E-state index contributed by atoms with van der Waals surface area (Å²) in [7, 11) is 3.31. The molecule has 1 atom stereocenters. The van der Waals surface area contributed by atoms with E-state index in [9.17, 15) is 0 Å². The van der Waals surface area contributed by atoms with Crippen LogP contribution in [0.3, 0.4) is 0 Å². The van der Waals surface area contributed by atoms with Crippen LogP contribution in [0.5, 0.6) is 11.5 Å². The largest absolute Gasteiger partial charge is 0.497 e. The molecule has 0 saturated carbocycles. The maximum atomic E-state index is 5.62.